The SMILES string of the molecule is C1CCC(CC2CCCCC2)CC1.CCC.CCC.CCC.CCC1CCCCC1. The van der Waals surface area contributed by atoms with E-state index in [-0.39, 0.29) is 0 Å². The average molecular weight is 425 g/mol. The van der Waals surface area contributed by atoms with Gasteiger partial charge in [-0.05, 0) is 24.2 Å². The van der Waals surface area contributed by atoms with Crippen LogP contribution >= 0.6 is 0 Å². The fourth-order valence-corrected chi connectivity index (χ4v) is 4.91. The molecular weight excluding hydrogens is 360 g/mol. The monoisotopic (exact) mass is 425 g/mol. The predicted octanol–water partition coefficient (Wildman–Crippen LogP) is 11.8. The van der Waals surface area contributed by atoms with Crippen molar-refractivity contribution in [2.24, 2.45) is 17.8 Å². The number of hydrogen-bond donors (Lipinski definition) is 0. The van der Waals surface area contributed by atoms with Crippen molar-refractivity contribution in [3.63, 3.8) is 0 Å². The lowest BCUT2D eigenvalue weighted by molar-refractivity contribution is 0.244. The minimum absolute atomic E-state index is 1.09. The maximum Gasteiger partial charge on any atom is -0.0412 e. The summed E-state index contributed by atoms with van der Waals surface area (Å²) in [5.74, 6) is 3.33. The summed E-state index contributed by atoms with van der Waals surface area (Å²) in [5.41, 5.74) is 0. The van der Waals surface area contributed by atoms with E-state index in [0.29, 0.717) is 0 Å². The molecule has 0 N–H and O–H groups in total. The Morgan fingerprint density at radius 1 is 0.367 bits per heavy atom. The van der Waals surface area contributed by atoms with Gasteiger partial charge in [0.2, 0.25) is 0 Å². The van der Waals surface area contributed by atoms with Crippen LogP contribution in [0.25, 0.3) is 0 Å². The fourth-order valence-electron chi connectivity index (χ4n) is 4.91. The van der Waals surface area contributed by atoms with E-state index in [1.165, 1.54) is 96.3 Å². The van der Waals surface area contributed by atoms with Gasteiger partial charge >= 0.3 is 0 Å². The summed E-state index contributed by atoms with van der Waals surface area (Å²) < 4.78 is 0. The molecule has 0 heteroatoms. The predicted molar refractivity (Wildman–Crippen MR) is 143 cm³/mol. The molecule has 0 atom stereocenters. The van der Waals surface area contributed by atoms with Crippen molar-refractivity contribution in [1.29, 1.82) is 0 Å². The summed E-state index contributed by atoms with van der Waals surface area (Å²) in [6, 6.07) is 0. The van der Waals surface area contributed by atoms with Gasteiger partial charge in [0.15, 0.2) is 0 Å². The van der Waals surface area contributed by atoms with Crippen LogP contribution in [-0.4, -0.2) is 0 Å². The molecule has 0 aliphatic heterocycles. The summed E-state index contributed by atoms with van der Waals surface area (Å²) in [7, 11) is 0. The highest BCUT2D eigenvalue weighted by atomic mass is 14.3. The quantitative estimate of drug-likeness (QED) is 0.422. The Hall–Kier alpha value is 0. The van der Waals surface area contributed by atoms with Gasteiger partial charge in [-0.25, -0.2) is 0 Å². The molecule has 3 aliphatic rings. The van der Waals surface area contributed by atoms with Crippen LogP contribution in [0.4, 0.5) is 0 Å². The molecule has 3 saturated carbocycles. The highest BCUT2D eigenvalue weighted by Gasteiger charge is 2.20. The Kier molecular flexibility index (Phi) is 29.0. The van der Waals surface area contributed by atoms with Gasteiger partial charge in [0.25, 0.3) is 0 Å². The highest BCUT2D eigenvalue weighted by molar-refractivity contribution is 4.73. The van der Waals surface area contributed by atoms with Crippen LogP contribution in [0.2, 0.25) is 0 Å². The summed E-state index contributed by atoms with van der Waals surface area (Å²) in [4.78, 5) is 0. The van der Waals surface area contributed by atoms with E-state index in [2.05, 4.69) is 48.5 Å². The molecule has 0 bridgehead atoms. The molecular formula is C30H64. The van der Waals surface area contributed by atoms with Crippen LogP contribution in [-0.2, 0) is 0 Å². The zero-order chi connectivity index (χ0) is 22.9. The molecule has 30 heavy (non-hydrogen) atoms. The summed E-state index contributed by atoms with van der Waals surface area (Å²) in [6.45, 7) is 15.1. The van der Waals surface area contributed by atoms with E-state index in [1.807, 2.05) is 0 Å². The molecule has 0 heterocycles. The van der Waals surface area contributed by atoms with Crippen LogP contribution in [0.3, 0.4) is 0 Å². The Morgan fingerprint density at radius 2 is 0.600 bits per heavy atom. The van der Waals surface area contributed by atoms with Crippen molar-refractivity contribution in [1.82, 2.24) is 0 Å². The van der Waals surface area contributed by atoms with E-state index < -0.39 is 0 Å². The lowest BCUT2D eigenvalue weighted by Crippen LogP contribution is -2.14. The topological polar surface area (TPSA) is 0 Å². The maximum absolute atomic E-state index is 2.32. The molecule has 184 valence electrons. The smallest absolute Gasteiger partial charge is 0.0412 e. The molecule has 3 rings (SSSR count). The van der Waals surface area contributed by atoms with Gasteiger partial charge in [0.05, 0.1) is 0 Å². The molecule has 0 aromatic carbocycles. The van der Waals surface area contributed by atoms with E-state index in [0.717, 1.165) is 17.8 Å². The second-order valence-corrected chi connectivity index (χ2v) is 10.3. The van der Waals surface area contributed by atoms with Gasteiger partial charge < -0.3 is 0 Å². The lowest BCUT2D eigenvalue weighted by atomic mass is 9.78. The van der Waals surface area contributed by atoms with Gasteiger partial charge in [0.1, 0.15) is 0 Å². The van der Waals surface area contributed by atoms with Crippen molar-refractivity contribution >= 4 is 0 Å². The fraction of sp³-hybridized carbons (Fsp3) is 1.00. The minimum Gasteiger partial charge on any atom is -0.0656 e. The Morgan fingerprint density at radius 3 is 0.800 bits per heavy atom. The van der Waals surface area contributed by atoms with Crippen molar-refractivity contribution in [2.75, 3.05) is 0 Å². The van der Waals surface area contributed by atoms with Gasteiger partial charge in [-0.1, -0.05) is 170 Å². The highest BCUT2D eigenvalue weighted by Crippen LogP contribution is 2.34. The van der Waals surface area contributed by atoms with E-state index >= 15 is 0 Å². The zero-order valence-electron chi connectivity index (χ0n) is 22.9. The molecule has 0 amide bonds. The zero-order valence-corrected chi connectivity index (χ0v) is 22.9. The summed E-state index contributed by atoms with van der Waals surface area (Å²) >= 11 is 0. The Labute approximate surface area is 194 Å². The molecule has 3 aliphatic carbocycles. The van der Waals surface area contributed by atoms with Gasteiger partial charge in [-0.2, -0.15) is 0 Å². The first-order chi connectivity index (χ1) is 14.6. The molecule has 3 fully saturated rings. The van der Waals surface area contributed by atoms with Crippen molar-refractivity contribution in [3.8, 4) is 0 Å². The van der Waals surface area contributed by atoms with Crippen LogP contribution in [0.15, 0.2) is 0 Å². The lowest BCUT2D eigenvalue weighted by Gasteiger charge is -2.28. The first kappa shape index (κ1) is 32.2. The second-order valence-electron chi connectivity index (χ2n) is 10.3. The number of rotatable bonds is 3. The first-order valence-electron chi connectivity index (χ1n) is 14.6. The third kappa shape index (κ3) is 22.7. The molecule has 0 spiro atoms. The third-order valence-electron chi connectivity index (χ3n) is 6.42. The van der Waals surface area contributed by atoms with Crippen molar-refractivity contribution in [2.45, 2.75) is 177 Å². The van der Waals surface area contributed by atoms with E-state index in [4.69, 9.17) is 0 Å². The number of hydrogen-bond acceptors (Lipinski definition) is 0. The molecule has 0 unspecified atom stereocenters. The molecule has 0 aromatic rings. The maximum atomic E-state index is 2.32. The van der Waals surface area contributed by atoms with Gasteiger partial charge in [0, 0.05) is 0 Å². The minimum atomic E-state index is 1.09. The third-order valence-corrected chi connectivity index (χ3v) is 6.42. The Bertz CT molecular complexity index is 243. The van der Waals surface area contributed by atoms with E-state index in [1.54, 1.807) is 32.1 Å². The van der Waals surface area contributed by atoms with Crippen LogP contribution < -0.4 is 0 Å². The molecule has 0 saturated heterocycles. The van der Waals surface area contributed by atoms with Crippen LogP contribution in [0, 0.1) is 17.8 Å². The average Bonchev–Trinajstić information content (AvgIpc) is 2.78. The second kappa shape index (κ2) is 27.0. The molecule has 0 nitrogen and oxygen atoms in total. The summed E-state index contributed by atoms with van der Waals surface area (Å²) in [5, 5.41) is 0. The normalized spacial score (nSPS) is 20.1. The standard InChI is InChI=1S/C13H24.C8H16.3C3H8/c1-3-7-12(8-4-1)11-13-9-5-2-6-10-13;1-2-8-6-4-3-5-7-8;3*1-3-2/h12-13H,1-11H2;8H,2-7H2,1H3;3*3H2,1-2H3. The van der Waals surface area contributed by atoms with Crippen LogP contribution in [0.5, 0.6) is 0 Å². The molecule has 0 aromatic heterocycles. The summed E-state index contributed by atoms with van der Waals surface area (Å²) in [6.07, 6.45) is 29.6. The Balaban J connectivity index is 0. The van der Waals surface area contributed by atoms with Crippen molar-refractivity contribution in [3.05, 3.63) is 0 Å². The van der Waals surface area contributed by atoms with E-state index in [9.17, 15) is 0 Å². The first-order valence-corrected chi connectivity index (χ1v) is 14.6. The molecule has 0 radical (unpaired) electrons. The largest absolute Gasteiger partial charge is 0.0656 e. The van der Waals surface area contributed by atoms with Crippen molar-refractivity contribution < 1.29 is 0 Å². The van der Waals surface area contributed by atoms with Crippen LogP contribution in [0.1, 0.15) is 177 Å². The van der Waals surface area contributed by atoms with Gasteiger partial charge in [-0.15, -0.1) is 0 Å². The van der Waals surface area contributed by atoms with Gasteiger partial charge in [-0.3, -0.25) is 0 Å².